The fraction of sp³-hybridized carbons (Fsp3) is 0.227. The first kappa shape index (κ1) is 21.2. The van der Waals surface area contributed by atoms with Gasteiger partial charge in [-0.25, -0.2) is 19.3 Å². The van der Waals surface area contributed by atoms with Crippen molar-refractivity contribution in [2.45, 2.75) is 26.3 Å². The van der Waals surface area contributed by atoms with Crippen LogP contribution in [0.25, 0.3) is 5.70 Å². The molecule has 0 unspecified atom stereocenters. The number of amides is 1. The largest absolute Gasteiger partial charge is 0.443 e. The van der Waals surface area contributed by atoms with Crippen molar-refractivity contribution in [1.82, 2.24) is 20.3 Å². The SMILES string of the molecule is CC1(C(=O)Nc2cnc(C(=N)/C=C(\NCc3ccccc3F)c3ncco3)nc2N)CC1. The van der Waals surface area contributed by atoms with Crippen molar-refractivity contribution in [2.24, 2.45) is 5.41 Å². The highest BCUT2D eigenvalue weighted by atomic mass is 19.1. The highest BCUT2D eigenvalue weighted by molar-refractivity contribution is 6.08. The standard InChI is InChI=1S/C22H22FN7O2/c1-22(6-7-22)21(31)29-17-12-28-19(30-18(17)25)15(24)10-16(20-26-8-9-32-20)27-11-13-4-2-3-5-14(13)23/h2-5,8-10,12,24,27H,6-7,11H2,1H3,(H,29,31)(H2,25,28,30)/b16-10-,24-15?. The number of carbonyl (C=O) groups is 1. The summed E-state index contributed by atoms with van der Waals surface area (Å²) in [5, 5.41) is 14.2. The Labute approximate surface area is 183 Å². The maximum atomic E-state index is 14.0. The van der Waals surface area contributed by atoms with Crippen LogP contribution in [0.15, 0.2) is 53.4 Å². The lowest BCUT2D eigenvalue weighted by molar-refractivity contribution is -0.120. The number of nitrogens with one attached hydrogen (secondary N) is 3. The Hall–Kier alpha value is -4.08. The predicted octanol–water partition coefficient (Wildman–Crippen LogP) is 3.12. The van der Waals surface area contributed by atoms with Gasteiger partial charge in [-0.05, 0) is 25.0 Å². The van der Waals surface area contributed by atoms with Crippen molar-refractivity contribution >= 4 is 28.8 Å². The molecular weight excluding hydrogens is 413 g/mol. The number of nitrogen functional groups attached to an aromatic ring is 1. The van der Waals surface area contributed by atoms with E-state index >= 15 is 0 Å². The Balaban J connectivity index is 1.52. The molecule has 32 heavy (non-hydrogen) atoms. The molecule has 10 heteroatoms. The molecule has 2 heterocycles. The summed E-state index contributed by atoms with van der Waals surface area (Å²) < 4.78 is 19.3. The number of halogens is 1. The van der Waals surface area contributed by atoms with Gasteiger partial charge < -0.3 is 20.8 Å². The van der Waals surface area contributed by atoms with Crippen LogP contribution in [0.3, 0.4) is 0 Å². The van der Waals surface area contributed by atoms with Gasteiger partial charge in [0, 0.05) is 17.5 Å². The molecule has 5 N–H and O–H groups in total. The van der Waals surface area contributed by atoms with E-state index in [-0.39, 0.29) is 46.9 Å². The van der Waals surface area contributed by atoms with Crippen LogP contribution in [-0.4, -0.2) is 26.6 Å². The van der Waals surface area contributed by atoms with Crippen LogP contribution in [0.1, 0.15) is 37.0 Å². The Bertz CT molecular complexity index is 1190. The monoisotopic (exact) mass is 435 g/mol. The minimum Gasteiger partial charge on any atom is -0.443 e. The van der Waals surface area contributed by atoms with Gasteiger partial charge in [0.1, 0.15) is 29.2 Å². The first-order valence-electron chi connectivity index (χ1n) is 9.97. The van der Waals surface area contributed by atoms with Crippen LogP contribution >= 0.6 is 0 Å². The third-order valence-electron chi connectivity index (χ3n) is 5.23. The van der Waals surface area contributed by atoms with Crippen molar-refractivity contribution in [1.29, 1.82) is 5.41 Å². The molecule has 3 aromatic rings. The molecule has 1 aliphatic rings. The zero-order chi connectivity index (χ0) is 22.7. The zero-order valence-electron chi connectivity index (χ0n) is 17.4. The van der Waals surface area contributed by atoms with E-state index in [1.54, 1.807) is 18.2 Å². The van der Waals surface area contributed by atoms with Crippen molar-refractivity contribution in [3.8, 4) is 0 Å². The van der Waals surface area contributed by atoms with E-state index < -0.39 is 0 Å². The van der Waals surface area contributed by atoms with Gasteiger partial charge in [-0.15, -0.1) is 0 Å². The van der Waals surface area contributed by atoms with Gasteiger partial charge in [0.15, 0.2) is 11.6 Å². The molecular formula is C22H22FN7O2. The van der Waals surface area contributed by atoms with Gasteiger partial charge in [-0.3, -0.25) is 10.2 Å². The summed E-state index contributed by atoms with van der Waals surface area (Å²) >= 11 is 0. The van der Waals surface area contributed by atoms with E-state index in [9.17, 15) is 9.18 Å². The van der Waals surface area contributed by atoms with E-state index in [1.807, 2.05) is 6.92 Å². The lowest BCUT2D eigenvalue weighted by Gasteiger charge is -2.12. The Morgan fingerprint density at radius 3 is 2.78 bits per heavy atom. The van der Waals surface area contributed by atoms with Crippen LogP contribution in [0, 0.1) is 16.6 Å². The van der Waals surface area contributed by atoms with Crippen LogP contribution in [0.2, 0.25) is 0 Å². The van der Waals surface area contributed by atoms with E-state index in [0.717, 1.165) is 12.8 Å². The third kappa shape index (κ3) is 4.64. The van der Waals surface area contributed by atoms with Gasteiger partial charge in [0.25, 0.3) is 0 Å². The van der Waals surface area contributed by atoms with E-state index in [0.29, 0.717) is 16.9 Å². The second-order valence-electron chi connectivity index (χ2n) is 7.76. The number of rotatable bonds is 8. The molecule has 1 fully saturated rings. The molecule has 4 rings (SSSR count). The number of anilines is 2. The Kier molecular flexibility index (Phi) is 5.67. The van der Waals surface area contributed by atoms with Gasteiger partial charge >= 0.3 is 0 Å². The maximum Gasteiger partial charge on any atom is 0.242 e. The van der Waals surface area contributed by atoms with Crippen molar-refractivity contribution in [2.75, 3.05) is 11.1 Å². The normalized spacial score (nSPS) is 14.6. The molecule has 0 atom stereocenters. The molecule has 164 valence electrons. The summed E-state index contributed by atoms with van der Waals surface area (Å²) in [6.07, 6.45) is 7.31. The fourth-order valence-corrected chi connectivity index (χ4v) is 2.89. The van der Waals surface area contributed by atoms with Crippen molar-refractivity contribution in [3.63, 3.8) is 0 Å². The predicted molar refractivity (Wildman–Crippen MR) is 117 cm³/mol. The molecule has 1 aliphatic carbocycles. The molecule has 0 saturated heterocycles. The highest BCUT2D eigenvalue weighted by Gasteiger charge is 2.45. The minimum atomic E-state index is -0.366. The second-order valence-corrected chi connectivity index (χ2v) is 7.76. The third-order valence-corrected chi connectivity index (χ3v) is 5.23. The van der Waals surface area contributed by atoms with Crippen LogP contribution in [0.4, 0.5) is 15.9 Å². The summed E-state index contributed by atoms with van der Waals surface area (Å²) in [6, 6.07) is 6.36. The number of carbonyl (C=O) groups excluding carboxylic acids is 1. The average molecular weight is 435 g/mol. The van der Waals surface area contributed by atoms with E-state index in [4.69, 9.17) is 15.6 Å². The highest BCUT2D eigenvalue weighted by Crippen LogP contribution is 2.45. The van der Waals surface area contributed by atoms with E-state index in [1.165, 1.54) is 30.8 Å². The number of allylic oxidation sites excluding steroid dienone is 1. The summed E-state index contributed by atoms with van der Waals surface area (Å²) in [4.78, 5) is 24.6. The van der Waals surface area contributed by atoms with Gasteiger partial charge in [-0.2, -0.15) is 0 Å². The molecule has 2 aromatic heterocycles. The van der Waals surface area contributed by atoms with Crippen molar-refractivity contribution < 1.29 is 13.6 Å². The van der Waals surface area contributed by atoms with Crippen LogP contribution < -0.4 is 16.4 Å². The first-order chi connectivity index (χ1) is 15.4. The maximum absolute atomic E-state index is 14.0. The van der Waals surface area contributed by atoms with Crippen LogP contribution in [-0.2, 0) is 11.3 Å². The Morgan fingerprint density at radius 1 is 1.34 bits per heavy atom. The number of hydrogen-bond donors (Lipinski definition) is 4. The second kappa shape index (κ2) is 8.58. The molecule has 1 amide bonds. The quantitative estimate of drug-likeness (QED) is 0.398. The van der Waals surface area contributed by atoms with Gasteiger partial charge in [-0.1, -0.05) is 25.1 Å². The molecule has 1 saturated carbocycles. The average Bonchev–Trinajstić information content (AvgIpc) is 3.30. The number of nitrogens with zero attached hydrogens (tertiary/aromatic N) is 3. The molecule has 9 nitrogen and oxygen atoms in total. The molecule has 0 aliphatic heterocycles. The topological polar surface area (TPSA) is 143 Å². The lowest BCUT2D eigenvalue weighted by atomic mass is 10.1. The molecule has 0 spiro atoms. The summed E-state index contributed by atoms with van der Waals surface area (Å²) in [5.74, 6) is -0.145. The number of nitrogens with two attached hydrogens (primary N) is 1. The summed E-state index contributed by atoms with van der Waals surface area (Å²) in [5.41, 5.74) is 6.64. The number of hydrogen-bond acceptors (Lipinski definition) is 8. The van der Waals surface area contributed by atoms with Crippen LogP contribution in [0.5, 0.6) is 0 Å². The fourth-order valence-electron chi connectivity index (χ4n) is 2.89. The molecule has 0 bridgehead atoms. The Morgan fingerprint density at radius 2 is 2.12 bits per heavy atom. The lowest BCUT2D eigenvalue weighted by Crippen LogP contribution is -2.23. The van der Waals surface area contributed by atoms with E-state index in [2.05, 4.69) is 25.6 Å². The van der Waals surface area contributed by atoms with Gasteiger partial charge in [0.2, 0.25) is 11.8 Å². The van der Waals surface area contributed by atoms with Crippen molar-refractivity contribution in [3.05, 3.63) is 72.1 Å². The first-order valence-corrected chi connectivity index (χ1v) is 9.97. The zero-order valence-corrected chi connectivity index (χ0v) is 17.4. The van der Waals surface area contributed by atoms with Gasteiger partial charge in [0.05, 0.1) is 12.4 Å². The number of oxazole rings is 1. The summed E-state index contributed by atoms with van der Waals surface area (Å²) in [6.45, 7) is 2.04. The molecule has 1 aromatic carbocycles. The summed E-state index contributed by atoms with van der Waals surface area (Å²) in [7, 11) is 0. The molecule has 0 radical (unpaired) electrons. The smallest absolute Gasteiger partial charge is 0.242 e. The minimum absolute atomic E-state index is 0.0508. The number of benzene rings is 1. The number of aromatic nitrogens is 3.